The van der Waals surface area contributed by atoms with Crippen molar-refractivity contribution in [1.82, 2.24) is 4.90 Å². The van der Waals surface area contributed by atoms with Crippen LogP contribution >= 0.6 is 22.7 Å². The summed E-state index contributed by atoms with van der Waals surface area (Å²) >= 11 is 3.41. The Morgan fingerprint density at radius 1 is 1.35 bits per heavy atom. The van der Waals surface area contributed by atoms with E-state index in [1.54, 1.807) is 22.7 Å². The molecule has 0 bridgehead atoms. The summed E-state index contributed by atoms with van der Waals surface area (Å²) in [5.41, 5.74) is 1.88. The molecule has 6 heteroatoms. The van der Waals surface area contributed by atoms with E-state index in [0.717, 1.165) is 37.4 Å². The van der Waals surface area contributed by atoms with E-state index >= 15 is 0 Å². The van der Waals surface area contributed by atoms with Gasteiger partial charge in [0.05, 0.1) is 5.56 Å². The maximum absolute atomic E-state index is 12.5. The van der Waals surface area contributed by atoms with Crippen molar-refractivity contribution in [2.75, 3.05) is 18.4 Å². The number of hydrogen-bond donors (Lipinski definition) is 1. The number of nitriles is 1. The predicted octanol–water partition coefficient (Wildman–Crippen LogP) is 4.73. The number of hydrogen-bond acceptors (Lipinski definition) is 5. The third-order valence-electron chi connectivity index (χ3n) is 5.40. The lowest BCUT2D eigenvalue weighted by molar-refractivity contribution is -0.116. The smallest absolute Gasteiger partial charge is 0.226 e. The average molecular weight is 386 g/mol. The zero-order valence-electron chi connectivity index (χ0n) is 14.8. The standard InChI is InChI=1S/C20H23N3OS2/c21-13-15-14-5-1-2-7-17(14)26-20(15)22-19(24)9-11-23-10-3-6-16(23)18-8-4-12-25-18/h4,8,12,16H,1-3,5-7,9-11H2,(H,22,24)/t16-/m0/s1. The van der Waals surface area contributed by atoms with E-state index in [9.17, 15) is 10.1 Å². The van der Waals surface area contributed by atoms with Crippen LogP contribution in [0, 0.1) is 11.3 Å². The minimum absolute atomic E-state index is 0.0249. The monoisotopic (exact) mass is 385 g/mol. The molecule has 2 aliphatic rings. The van der Waals surface area contributed by atoms with Crippen LogP contribution in [0.3, 0.4) is 0 Å². The van der Waals surface area contributed by atoms with Crippen molar-refractivity contribution in [2.24, 2.45) is 0 Å². The topological polar surface area (TPSA) is 56.1 Å². The van der Waals surface area contributed by atoms with E-state index in [-0.39, 0.29) is 5.91 Å². The highest BCUT2D eigenvalue weighted by molar-refractivity contribution is 7.16. The molecule has 2 aromatic rings. The van der Waals surface area contributed by atoms with E-state index in [4.69, 9.17) is 0 Å². The van der Waals surface area contributed by atoms with Crippen molar-refractivity contribution >= 4 is 33.6 Å². The molecule has 1 N–H and O–H groups in total. The van der Waals surface area contributed by atoms with Gasteiger partial charge in [0.1, 0.15) is 11.1 Å². The number of aryl methyl sites for hydroxylation is 1. The van der Waals surface area contributed by atoms with Crippen LogP contribution in [0.2, 0.25) is 0 Å². The second kappa shape index (κ2) is 7.91. The van der Waals surface area contributed by atoms with Gasteiger partial charge in [0.15, 0.2) is 0 Å². The highest BCUT2D eigenvalue weighted by Crippen LogP contribution is 2.38. The molecule has 1 atom stereocenters. The molecule has 0 spiro atoms. The summed E-state index contributed by atoms with van der Waals surface area (Å²) in [7, 11) is 0. The third-order valence-corrected chi connectivity index (χ3v) is 7.58. The van der Waals surface area contributed by atoms with Crippen LogP contribution in [-0.2, 0) is 17.6 Å². The Bertz CT molecular complexity index is 819. The molecule has 26 heavy (non-hydrogen) atoms. The molecule has 4 nitrogen and oxygen atoms in total. The average Bonchev–Trinajstić information content (AvgIpc) is 3.38. The van der Waals surface area contributed by atoms with Gasteiger partial charge in [-0.2, -0.15) is 5.26 Å². The SMILES string of the molecule is N#Cc1c(NC(=O)CCN2CCC[C@H]2c2cccs2)sc2c1CCCC2. The van der Waals surface area contributed by atoms with Crippen molar-refractivity contribution < 1.29 is 4.79 Å². The van der Waals surface area contributed by atoms with Gasteiger partial charge in [-0.25, -0.2) is 0 Å². The summed E-state index contributed by atoms with van der Waals surface area (Å²) in [5, 5.41) is 15.4. The van der Waals surface area contributed by atoms with Gasteiger partial charge in [-0.1, -0.05) is 6.07 Å². The summed E-state index contributed by atoms with van der Waals surface area (Å²) in [4.78, 5) is 17.6. The van der Waals surface area contributed by atoms with Gasteiger partial charge >= 0.3 is 0 Å². The molecular formula is C20H23N3OS2. The largest absolute Gasteiger partial charge is 0.317 e. The van der Waals surface area contributed by atoms with E-state index in [2.05, 4.69) is 33.8 Å². The van der Waals surface area contributed by atoms with Gasteiger partial charge in [-0.05, 0) is 62.1 Å². The Morgan fingerprint density at radius 3 is 3.04 bits per heavy atom. The number of fused-ring (bicyclic) bond motifs is 1. The van der Waals surface area contributed by atoms with Crippen LogP contribution < -0.4 is 5.32 Å². The lowest BCUT2D eigenvalue weighted by Gasteiger charge is -2.23. The van der Waals surface area contributed by atoms with Crippen molar-refractivity contribution in [3.63, 3.8) is 0 Å². The van der Waals surface area contributed by atoms with Gasteiger partial charge in [-0.15, -0.1) is 22.7 Å². The van der Waals surface area contributed by atoms with Crippen molar-refractivity contribution in [3.8, 4) is 6.07 Å². The maximum Gasteiger partial charge on any atom is 0.226 e. The number of anilines is 1. The molecule has 1 fully saturated rings. The van der Waals surface area contributed by atoms with E-state index in [0.29, 0.717) is 18.0 Å². The number of carbonyl (C=O) groups excluding carboxylic acids is 1. The summed E-state index contributed by atoms with van der Waals surface area (Å²) in [6.45, 7) is 1.84. The Labute approximate surface area is 162 Å². The minimum Gasteiger partial charge on any atom is -0.317 e. The molecule has 4 rings (SSSR count). The van der Waals surface area contributed by atoms with Gasteiger partial charge in [0.25, 0.3) is 0 Å². The van der Waals surface area contributed by atoms with Crippen LogP contribution in [0.5, 0.6) is 0 Å². The van der Waals surface area contributed by atoms with Crippen LogP contribution in [0.15, 0.2) is 17.5 Å². The molecule has 2 aromatic heterocycles. The normalized spacial score (nSPS) is 19.9. The first-order chi connectivity index (χ1) is 12.8. The number of nitrogens with one attached hydrogen (secondary N) is 1. The number of carbonyl (C=O) groups is 1. The molecule has 0 unspecified atom stereocenters. The lowest BCUT2D eigenvalue weighted by Crippen LogP contribution is -2.27. The molecule has 0 radical (unpaired) electrons. The number of rotatable bonds is 5. The first-order valence-corrected chi connectivity index (χ1v) is 11.1. The van der Waals surface area contributed by atoms with Gasteiger partial charge in [0, 0.05) is 28.8 Å². The fourth-order valence-electron chi connectivity index (χ4n) is 4.10. The Hall–Kier alpha value is -1.68. The lowest BCUT2D eigenvalue weighted by atomic mass is 9.96. The van der Waals surface area contributed by atoms with Crippen LogP contribution in [0.1, 0.15) is 59.0 Å². The molecule has 136 valence electrons. The summed E-state index contributed by atoms with van der Waals surface area (Å²) < 4.78 is 0. The molecule has 1 amide bonds. The molecule has 1 saturated heterocycles. The maximum atomic E-state index is 12.5. The van der Waals surface area contributed by atoms with Crippen molar-refractivity contribution in [2.45, 2.75) is 51.0 Å². The van der Waals surface area contributed by atoms with Crippen molar-refractivity contribution in [3.05, 3.63) is 38.4 Å². The summed E-state index contributed by atoms with van der Waals surface area (Å²) in [6.07, 6.45) is 7.20. The molecular weight excluding hydrogens is 362 g/mol. The molecule has 3 heterocycles. The summed E-state index contributed by atoms with van der Waals surface area (Å²) in [5.74, 6) is 0.0249. The highest BCUT2D eigenvalue weighted by atomic mass is 32.1. The zero-order chi connectivity index (χ0) is 17.9. The molecule has 0 aromatic carbocycles. The minimum atomic E-state index is 0.0249. The Morgan fingerprint density at radius 2 is 2.23 bits per heavy atom. The van der Waals surface area contributed by atoms with Gasteiger partial charge in [0.2, 0.25) is 5.91 Å². The Balaban J connectivity index is 1.37. The first-order valence-electron chi connectivity index (χ1n) is 9.38. The molecule has 1 aliphatic heterocycles. The van der Waals surface area contributed by atoms with Crippen LogP contribution in [0.4, 0.5) is 5.00 Å². The quantitative estimate of drug-likeness (QED) is 0.810. The Kier molecular flexibility index (Phi) is 5.39. The fraction of sp³-hybridized carbons (Fsp3) is 0.500. The van der Waals surface area contributed by atoms with Gasteiger partial charge in [-0.3, -0.25) is 9.69 Å². The summed E-state index contributed by atoms with van der Waals surface area (Å²) in [6, 6.07) is 7.08. The van der Waals surface area contributed by atoms with E-state index in [1.807, 2.05) is 0 Å². The third kappa shape index (κ3) is 3.57. The molecule has 1 aliphatic carbocycles. The number of likely N-dealkylation sites (tertiary alicyclic amines) is 1. The predicted molar refractivity (Wildman–Crippen MR) is 107 cm³/mol. The fourth-order valence-corrected chi connectivity index (χ4v) is 6.25. The number of nitrogens with zero attached hydrogens (tertiary/aromatic N) is 2. The zero-order valence-corrected chi connectivity index (χ0v) is 16.4. The van der Waals surface area contributed by atoms with E-state index < -0.39 is 0 Å². The van der Waals surface area contributed by atoms with Crippen LogP contribution in [-0.4, -0.2) is 23.9 Å². The number of thiophene rings is 2. The van der Waals surface area contributed by atoms with Crippen molar-refractivity contribution in [1.29, 1.82) is 5.26 Å². The number of amides is 1. The second-order valence-electron chi connectivity index (χ2n) is 7.03. The van der Waals surface area contributed by atoms with Gasteiger partial charge < -0.3 is 5.32 Å². The first kappa shape index (κ1) is 17.7. The molecule has 0 saturated carbocycles. The second-order valence-corrected chi connectivity index (χ2v) is 9.12. The highest BCUT2D eigenvalue weighted by Gasteiger charge is 2.27. The van der Waals surface area contributed by atoms with E-state index in [1.165, 1.54) is 34.6 Å². The van der Waals surface area contributed by atoms with Crippen LogP contribution in [0.25, 0.3) is 0 Å².